The molecule has 1 saturated heterocycles. The molecule has 1 aliphatic rings. The number of rotatable bonds is 8. The van der Waals surface area contributed by atoms with Gasteiger partial charge in [-0.25, -0.2) is 0 Å². The van der Waals surface area contributed by atoms with Crippen molar-refractivity contribution in [1.29, 1.82) is 0 Å². The maximum absolute atomic E-state index is 13.0. The minimum Gasteiger partial charge on any atom is -0.493 e. The van der Waals surface area contributed by atoms with E-state index in [1.165, 1.54) is 12.7 Å². The first-order valence-corrected chi connectivity index (χ1v) is 10.1. The molecule has 2 aromatic rings. The van der Waals surface area contributed by atoms with E-state index in [1.807, 2.05) is 14.1 Å². The maximum atomic E-state index is 13.0. The molecule has 0 spiro atoms. The van der Waals surface area contributed by atoms with Gasteiger partial charge in [-0.05, 0) is 29.8 Å². The maximum Gasteiger partial charge on any atom is 0.255 e. The number of methoxy groups -OCH3 is 2. The van der Waals surface area contributed by atoms with Crippen molar-refractivity contribution in [3.8, 4) is 11.5 Å². The van der Waals surface area contributed by atoms with Gasteiger partial charge in [0.25, 0.3) is 5.91 Å². The summed E-state index contributed by atoms with van der Waals surface area (Å²) in [5, 5.41) is 3.09. The zero-order valence-electron chi connectivity index (χ0n) is 18.2. The largest absolute Gasteiger partial charge is 0.493 e. The fourth-order valence-corrected chi connectivity index (χ4v) is 3.69. The molecule has 7 nitrogen and oxygen atoms in total. The van der Waals surface area contributed by atoms with Crippen LogP contribution in [0, 0.1) is 0 Å². The highest BCUT2D eigenvalue weighted by molar-refractivity contribution is 5.97. The molecule has 30 heavy (non-hydrogen) atoms. The molecule has 0 unspecified atom stereocenters. The van der Waals surface area contributed by atoms with Crippen LogP contribution in [0.15, 0.2) is 42.5 Å². The van der Waals surface area contributed by atoms with Crippen molar-refractivity contribution in [2.24, 2.45) is 0 Å². The Labute approximate surface area is 178 Å². The Kier molecular flexibility index (Phi) is 7.54. The topological polar surface area (TPSA) is 63.3 Å². The average Bonchev–Trinajstić information content (AvgIpc) is 2.79. The summed E-state index contributed by atoms with van der Waals surface area (Å²) in [6.45, 7) is 3.55. The van der Waals surface area contributed by atoms with Crippen LogP contribution in [0.2, 0.25) is 0 Å². The number of nitrogens with one attached hydrogen (secondary N) is 1. The Morgan fingerprint density at radius 2 is 1.80 bits per heavy atom. The first-order chi connectivity index (χ1) is 14.5. The smallest absolute Gasteiger partial charge is 0.255 e. The minimum atomic E-state index is -0.186. The van der Waals surface area contributed by atoms with E-state index in [0.717, 1.165) is 18.8 Å². The number of nitrogens with zero attached hydrogens (tertiary/aromatic N) is 2. The fourth-order valence-electron chi connectivity index (χ4n) is 3.69. The molecule has 1 atom stereocenters. The Morgan fingerprint density at radius 1 is 1.10 bits per heavy atom. The Bertz CT molecular complexity index is 833. The molecule has 1 fully saturated rings. The molecular weight excluding hydrogens is 382 g/mol. The van der Waals surface area contributed by atoms with Crippen molar-refractivity contribution < 1.29 is 19.0 Å². The number of ether oxygens (including phenoxy) is 3. The highest BCUT2D eigenvalue weighted by Gasteiger charge is 2.24. The lowest BCUT2D eigenvalue weighted by atomic mass is 10.0. The highest BCUT2D eigenvalue weighted by atomic mass is 16.5. The quantitative estimate of drug-likeness (QED) is 0.718. The molecule has 7 heteroatoms. The van der Waals surface area contributed by atoms with E-state index in [-0.39, 0.29) is 11.9 Å². The van der Waals surface area contributed by atoms with Gasteiger partial charge < -0.3 is 24.4 Å². The van der Waals surface area contributed by atoms with Crippen LogP contribution in [0.4, 0.5) is 5.69 Å². The minimum absolute atomic E-state index is 0.0608. The van der Waals surface area contributed by atoms with Gasteiger partial charge in [-0.3, -0.25) is 9.69 Å². The Hall–Kier alpha value is -2.77. The number of hydrogen-bond donors (Lipinski definition) is 1. The molecule has 0 radical (unpaired) electrons. The van der Waals surface area contributed by atoms with Crippen LogP contribution in [0.1, 0.15) is 22.0 Å². The van der Waals surface area contributed by atoms with Crippen molar-refractivity contribution >= 4 is 11.6 Å². The van der Waals surface area contributed by atoms with E-state index in [9.17, 15) is 4.79 Å². The monoisotopic (exact) mass is 413 g/mol. The number of carbonyl (C=O) groups is 1. The number of carbonyl (C=O) groups excluding carboxylic acids is 1. The van der Waals surface area contributed by atoms with Gasteiger partial charge >= 0.3 is 0 Å². The SMILES string of the molecule is COc1cccc(C(=O)NC[C@@H](c2ccc(N(C)C)cc2)N2CCOCC2)c1OC. The average molecular weight is 414 g/mol. The predicted molar refractivity (Wildman–Crippen MR) is 118 cm³/mol. The van der Waals surface area contributed by atoms with E-state index >= 15 is 0 Å². The van der Waals surface area contributed by atoms with Crippen LogP contribution in [0.3, 0.4) is 0 Å². The summed E-state index contributed by atoms with van der Waals surface area (Å²) >= 11 is 0. The molecule has 1 amide bonds. The molecule has 162 valence electrons. The van der Waals surface area contributed by atoms with Gasteiger partial charge in [0.1, 0.15) is 0 Å². The summed E-state index contributed by atoms with van der Waals surface area (Å²) < 4.78 is 16.3. The number of morpholine rings is 1. The van der Waals surface area contributed by atoms with E-state index in [2.05, 4.69) is 39.4 Å². The molecule has 1 N–H and O–H groups in total. The van der Waals surface area contributed by atoms with E-state index in [1.54, 1.807) is 25.3 Å². The van der Waals surface area contributed by atoms with Gasteiger partial charge in [-0.2, -0.15) is 0 Å². The first-order valence-electron chi connectivity index (χ1n) is 10.1. The molecule has 1 aliphatic heterocycles. The second kappa shape index (κ2) is 10.3. The number of benzene rings is 2. The van der Waals surface area contributed by atoms with Crippen LogP contribution < -0.4 is 19.7 Å². The highest BCUT2D eigenvalue weighted by Crippen LogP contribution is 2.31. The van der Waals surface area contributed by atoms with E-state index in [0.29, 0.717) is 36.8 Å². The second-order valence-corrected chi connectivity index (χ2v) is 7.40. The molecule has 0 aromatic heterocycles. The van der Waals surface area contributed by atoms with Crippen molar-refractivity contribution in [2.75, 3.05) is 66.1 Å². The lowest BCUT2D eigenvalue weighted by molar-refractivity contribution is 0.0162. The summed E-state index contributed by atoms with van der Waals surface area (Å²) in [7, 11) is 7.15. The number of amides is 1. The first kappa shape index (κ1) is 21.9. The van der Waals surface area contributed by atoms with Crippen molar-refractivity contribution in [2.45, 2.75) is 6.04 Å². The zero-order valence-corrected chi connectivity index (χ0v) is 18.2. The van der Waals surface area contributed by atoms with Gasteiger partial charge in [0, 0.05) is 39.4 Å². The van der Waals surface area contributed by atoms with Crippen molar-refractivity contribution in [1.82, 2.24) is 10.2 Å². The third-order valence-electron chi connectivity index (χ3n) is 5.38. The molecule has 1 heterocycles. The second-order valence-electron chi connectivity index (χ2n) is 7.40. The van der Waals surface area contributed by atoms with E-state index in [4.69, 9.17) is 14.2 Å². The lowest BCUT2D eigenvalue weighted by Gasteiger charge is -2.35. The molecular formula is C23H31N3O4. The van der Waals surface area contributed by atoms with Crippen LogP contribution in [-0.2, 0) is 4.74 Å². The van der Waals surface area contributed by atoms with Crippen LogP contribution in [-0.4, -0.2) is 72.0 Å². The fraction of sp³-hybridized carbons (Fsp3) is 0.435. The molecule has 3 rings (SSSR count). The summed E-state index contributed by atoms with van der Waals surface area (Å²) in [5.74, 6) is 0.791. The van der Waals surface area contributed by atoms with Crippen LogP contribution in [0.25, 0.3) is 0 Å². The van der Waals surface area contributed by atoms with Crippen molar-refractivity contribution in [3.63, 3.8) is 0 Å². The summed E-state index contributed by atoms with van der Waals surface area (Å²) in [5.41, 5.74) is 2.77. The third kappa shape index (κ3) is 5.04. The van der Waals surface area contributed by atoms with Crippen molar-refractivity contribution in [3.05, 3.63) is 53.6 Å². The number of hydrogen-bond acceptors (Lipinski definition) is 6. The number of para-hydroxylation sites is 1. The van der Waals surface area contributed by atoms with Crippen LogP contribution >= 0.6 is 0 Å². The number of anilines is 1. The molecule has 0 saturated carbocycles. The van der Waals surface area contributed by atoms with Gasteiger partial charge in [0.05, 0.1) is 39.0 Å². The predicted octanol–water partition coefficient (Wildman–Crippen LogP) is 2.57. The molecule has 0 aliphatic carbocycles. The summed E-state index contributed by atoms with van der Waals surface area (Å²) in [6, 6.07) is 13.8. The van der Waals surface area contributed by atoms with E-state index < -0.39 is 0 Å². The van der Waals surface area contributed by atoms with Gasteiger partial charge in [0.15, 0.2) is 11.5 Å². The van der Waals surface area contributed by atoms with Gasteiger partial charge in [-0.1, -0.05) is 18.2 Å². The Morgan fingerprint density at radius 3 is 2.40 bits per heavy atom. The standard InChI is InChI=1S/C23H31N3O4/c1-25(2)18-10-8-17(9-11-18)20(26-12-14-30-15-13-26)16-24-23(27)19-6-5-7-21(28-3)22(19)29-4/h5-11,20H,12-16H2,1-4H3,(H,24,27)/t20-/m0/s1. The summed E-state index contributed by atoms with van der Waals surface area (Å²) in [6.07, 6.45) is 0. The lowest BCUT2D eigenvalue weighted by Crippen LogP contribution is -2.43. The van der Waals surface area contributed by atoms with Gasteiger partial charge in [0.2, 0.25) is 0 Å². The molecule has 0 bridgehead atoms. The third-order valence-corrected chi connectivity index (χ3v) is 5.38. The zero-order chi connectivity index (χ0) is 21.5. The normalized spacial score (nSPS) is 15.3. The van der Waals surface area contributed by atoms with Crippen LogP contribution in [0.5, 0.6) is 11.5 Å². The molecule has 2 aromatic carbocycles. The summed E-state index contributed by atoms with van der Waals surface area (Å²) in [4.78, 5) is 17.4. The Balaban J connectivity index is 1.79. The van der Waals surface area contributed by atoms with Gasteiger partial charge in [-0.15, -0.1) is 0 Å².